The highest BCUT2D eigenvalue weighted by atomic mass is 35.5. The van der Waals surface area contributed by atoms with Crippen molar-refractivity contribution in [1.29, 1.82) is 0 Å². The van der Waals surface area contributed by atoms with Gasteiger partial charge < -0.3 is 9.80 Å². The number of amides is 1. The van der Waals surface area contributed by atoms with E-state index >= 15 is 0 Å². The fourth-order valence-corrected chi connectivity index (χ4v) is 10.5. The van der Waals surface area contributed by atoms with Crippen LogP contribution in [-0.4, -0.2) is 87.6 Å². The Morgan fingerprint density at radius 2 is 1.47 bits per heavy atom. The van der Waals surface area contributed by atoms with Gasteiger partial charge >= 0.3 is 0 Å². The molecule has 236 valence electrons. The minimum Gasteiger partial charge on any atom is -0.338 e. The van der Waals surface area contributed by atoms with Crippen molar-refractivity contribution in [1.82, 2.24) is 14.1 Å². The molecule has 6 rings (SSSR count). The second-order valence-corrected chi connectivity index (χ2v) is 17.2. The van der Waals surface area contributed by atoms with Crippen LogP contribution >= 0.6 is 12.4 Å². The maximum Gasteiger partial charge on any atom is 0.229 e. The van der Waals surface area contributed by atoms with E-state index in [1.54, 1.807) is 28.6 Å². The van der Waals surface area contributed by atoms with E-state index in [9.17, 15) is 21.6 Å². The Bertz CT molecular complexity index is 1490. The highest BCUT2D eigenvalue weighted by molar-refractivity contribution is 7.90. The lowest BCUT2D eigenvalue weighted by molar-refractivity contribution is -0.139. The summed E-state index contributed by atoms with van der Waals surface area (Å²) in [5.41, 5.74) is 1.83. The molecule has 1 saturated carbocycles. The standard InChI is InChI=1S/C32H43N3O5S2.ClH/c1-41(37,38)28-13-11-25(12-14-28)21-34-20-17-32(31(34)36)15-18-33(19-16-32)22-27-23-35(42(39,40)29-9-5-6-10-29)24-30(27)26-7-3-2-4-8-26;/h2-4,7-8,11-14,27,29-30H,5-6,9-10,15-24H2,1H3;1H/t27-,30?;/m0./s1. The molecular weight excluding hydrogens is 606 g/mol. The summed E-state index contributed by atoms with van der Waals surface area (Å²) in [6.07, 6.45) is 7.27. The molecule has 8 nitrogen and oxygen atoms in total. The van der Waals surface area contributed by atoms with Crippen molar-refractivity contribution in [2.45, 2.75) is 67.6 Å². The zero-order chi connectivity index (χ0) is 29.5. The van der Waals surface area contributed by atoms with Gasteiger partial charge in [-0.3, -0.25) is 4.79 Å². The summed E-state index contributed by atoms with van der Waals surface area (Å²) in [4.78, 5) is 18.3. The number of carbonyl (C=O) groups is 1. The highest BCUT2D eigenvalue weighted by Crippen LogP contribution is 2.43. The van der Waals surface area contributed by atoms with E-state index in [1.807, 2.05) is 23.1 Å². The molecule has 0 N–H and O–H groups in total. The maximum absolute atomic E-state index is 13.6. The van der Waals surface area contributed by atoms with Gasteiger partial charge in [0.15, 0.2) is 9.84 Å². The van der Waals surface area contributed by atoms with E-state index in [4.69, 9.17) is 0 Å². The fraction of sp³-hybridized carbons (Fsp3) is 0.594. The Labute approximate surface area is 263 Å². The van der Waals surface area contributed by atoms with Crippen molar-refractivity contribution in [2.24, 2.45) is 11.3 Å². The van der Waals surface area contributed by atoms with Crippen LogP contribution in [0.5, 0.6) is 0 Å². The van der Waals surface area contributed by atoms with Crippen molar-refractivity contribution in [3.05, 3.63) is 65.7 Å². The lowest BCUT2D eigenvalue weighted by atomic mass is 9.76. The number of piperidine rings is 1. The Hall–Kier alpha value is -1.98. The topological polar surface area (TPSA) is 95.1 Å². The van der Waals surface area contributed by atoms with E-state index < -0.39 is 19.9 Å². The van der Waals surface area contributed by atoms with Crippen molar-refractivity contribution in [2.75, 3.05) is 45.5 Å². The second kappa shape index (κ2) is 12.8. The molecule has 0 aromatic heterocycles. The van der Waals surface area contributed by atoms with Gasteiger partial charge in [-0.25, -0.2) is 21.1 Å². The zero-order valence-corrected chi connectivity index (χ0v) is 27.4. The van der Waals surface area contributed by atoms with Gasteiger partial charge in [0.05, 0.1) is 15.6 Å². The average molecular weight is 650 g/mol. The number of carbonyl (C=O) groups excluding carboxylic acids is 1. The molecule has 1 unspecified atom stereocenters. The third kappa shape index (κ3) is 6.69. The molecule has 11 heteroatoms. The summed E-state index contributed by atoms with van der Waals surface area (Å²) in [5.74, 6) is 0.616. The van der Waals surface area contributed by atoms with Crippen LogP contribution in [0, 0.1) is 11.3 Å². The highest BCUT2D eigenvalue weighted by Gasteiger charge is 2.49. The van der Waals surface area contributed by atoms with Crippen molar-refractivity contribution >= 4 is 38.2 Å². The van der Waals surface area contributed by atoms with E-state index in [0.29, 0.717) is 24.5 Å². The Morgan fingerprint density at radius 1 is 0.837 bits per heavy atom. The average Bonchev–Trinajstić information content (AvgIpc) is 3.73. The van der Waals surface area contributed by atoms with Crippen molar-refractivity contribution in [3.8, 4) is 0 Å². The van der Waals surface area contributed by atoms with Crippen LogP contribution in [0.15, 0.2) is 59.5 Å². The fourth-order valence-electron chi connectivity index (χ4n) is 7.76. The molecule has 1 aliphatic carbocycles. The van der Waals surface area contributed by atoms with Gasteiger partial charge in [0.25, 0.3) is 0 Å². The van der Waals surface area contributed by atoms with Gasteiger partial charge in [-0.2, -0.15) is 0 Å². The van der Waals surface area contributed by atoms with Crippen molar-refractivity contribution < 1.29 is 21.6 Å². The predicted molar refractivity (Wildman–Crippen MR) is 170 cm³/mol. The molecule has 1 amide bonds. The summed E-state index contributed by atoms with van der Waals surface area (Å²) in [6, 6.07) is 17.2. The summed E-state index contributed by atoms with van der Waals surface area (Å²) < 4.78 is 52.4. The number of sulfonamides is 1. The summed E-state index contributed by atoms with van der Waals surface area (Å²) in [5, 5.41) is -0.225. The number of rotatable bonds is 8. The Morgan fingerprint density at radius 3 is 2.09 bits per heavy atom. The molecule has 4 fully saturated rings. The van der Waals surface area contributed by atoms with Crippen LogP contribution in [0.1, 0.15) is 62.0 Å². The van der Waals surface area contributed by atoms with Crippen LogP contribution in [0.4, 0.5) is 0 Å². The van der Waals surface area contributed by atoms with Crippen LogP contribution < -0.4 is 0 Å². The number of halogens is 1. The molecule has 2 atom stereocenters. The van der Waals surface area contributed by atoms with Gasteiger partial charge in [-0.1, -0.05) is 55.3 Å². The quantitative estimate of drug-likeness (QED) is 0.423. The van der Waals surface area contributed by atoms with Gasteiger partial charge in [-0.15, -0.1) is 12.4 Å². The molecule has 43 heavy (non-hydrogen) atoms. The van der Waals surface area contributed by atoms with E-state index in [2.05, 4.69) is 17.0 Å². The van der Waals surface area contributed by atoms with E-state index in [0.717, 1.165) is 76.7 Å². The van der Waals surface area contributed by atoms with Crippen LogP contribution in [0.25, 0.3) is 0 Å². The molecule has 4 aliphatic rings. The minimum atomic E-state index is -3.29. The van der Waals surface area contributed by atoms with E-state index in [1.165, 1.54) is 11.8 Å². The smallest absolute Gasteiger partial charge is 0.229 e. The number of sulfone groups is 1. The first kappa shape index (κ1) is 32.4. The Kier molecular flexibility index (Phi) is 9.64. The normalized spacial score (nSPS) is 25.4. The molecule has 2 aromatic carbocycles. The largest absolute Gasteiger partial charge is 0.338 e. The monoisotopic (exact) mass is 649 g/mol. The lowest BCUT2D eigenvalue weighted by Gasteiger charge is -2.39. The first-order valence-corrected chi connectivity index (χ1v) is 18.8. The number of nitrogens with zero attached hydrogens (tertiary/aromatic N) is 3. The molecule has 0 bridgehead atoms. The first-order chi connectivity index (χ1) is 20.0. The third-order valence-electron chi connectivity index (χ3n) is 10.4. The number of benzene rings is 2. The van der Waals surface area contributed by atoms with E-state index in [-0.39, 0.29) is 40.8 Å². The van der Waals surface area contributed by atoms with Gasteiger partial charge in [-0.05, 0) is 74.4 Å². The van der Waals surface area contributed by atoms with Crippen LogP contribution in [0.3, 0.4) is 0 Å². The molecular formula is C32H44ClN3O5S2. The zero-order valence-electron chi connectivity index (χ0n) is 24.9. The van der Waals surface area contributed by atoms with Crippen LogP contribution in [0.2, 0.25) is 0 Å². The summed E-state index contributed by atoms with van der Waals surface area (Å²) >= 11 is 0. The second-order valence-electron chi connectivity index (χ2n) is 13.0. The number of hydrogen-bond acceptors (Lipinski definition) is 6. The first-order valence-electron chi connectivity index (χ1n) is 15.4. The molecule has 3 saturated heterocycles. The predicted octanol–water partition coefficient (Wildman–Crippen LogP) is 4.31. The third-order valence-corrected chi connectivity index (χ3v) is 13.8. The molecule has 3 aliphatic heterocycles. The summed E-state index contributed by atoms with van der Waals surface area (Å²) in [7, 11) is -6.53. The molecule has 2 aromatic rings. The maximum atomic E-state index is 13.6. The summed E-state index contributed by atoms with van der Waals surface area (Å²) in [6.45, 7) is 4.89. The number of hydrogen-bond donors (Lipinski definition) is 0. The van der Waals surface area contributed by atoms with Gasteiger partial charge in [0.2, 0.25) is 15.9 Å². The molecule has 0 radical (unpaired) electrons. The SMILES string of the molecule is CS(=O)(=O)c1ccc(CN2CCC3(CCN(C[C@H]4CN(S(=O)(=O)C5CCCC5)CC4c4ccccc4)CC3)C2=O)cc1.Cl. The van der Waals surface area contributed by atoms with Gasteiger partial charge in [0, 0.05) is 44.9 Å². The van der Waals surface area contributed by atoms with Crippen LogP contribution in [-0.2, 0) is 31.2 Å². The Balaban J connectivity index is 0.00000368. The van der Waals surface area contributed by atoms with Crippen molar-refractivity contribution in [3.63, 3.8) is 0 Å². The minimum absolute atomic E-state index is 0. The molecule has 3 heterocycles. The lowest BCUT2D eigenvalue weighted by Crippen LogP contribution is -2.46. The molecule has 1 spiro atoms. The van der Waals surface area contributed by atoms with Gasteiger partial charge in [0.1, 0.15) is 0 Å². The number of likely N-dealkylation sites (tertiary alicyclic amines) is 2.